The highest BCUT2D eigenvalue weighted by Crippen LogP contribution is 2.25. The van der Waals surface area contributed by atoms with Gasteiger partial charge in [-0.2, -0.15) is 5.26 Å². The number of benzene rings is 3. The zero-order valence-corrected chi connectivity index (χ0v) is 19.8. The topological polar surface area (TPSA) is 105 Å². The number of carbonyl (C=O) groups is 1. The van der Waals surface area contributed by atoms with Crippen LogP contribution in [0.25, 0.3) is 22.4 Å². The number of anilines is 1. The molecule has 8 nitrogen and oxygen atoms in total. The van der Waals surface area contributed by atoms with Crippen LogP contribution in [0.15, 0.2) is 76.7 Å². The first-order valence-corrected chi connectivity index (χ1v) is 11.8. The van der Waals surface area contributed by atoms with Crippen LogP contribution in [0.3, 0.4) is 0 Å². The molecule has 0 unspecified atom stereocenters. The number of aryl methyl sites for hydroxylation is 2. The number of thioether (sulfide) groups is 1. The molecule has 0 atom stereocenters. The molecule has 0 aliphatic rings. The molecule has 5 rings (SSSR count). The fraction of sp³-hybridized carbons (Fsp3) is 0.115. The lowest BCUT2D eigenvalue weighted by atomic mass is 10.1. The maximum Gasteiger partial charge on any atom is 0.267 e. The van der Waals surface area contributed by atoms with E-state index in [0.717, 1.165) is 16.8 Å². The van der Waals surface area contributed by atoms with Gasteiger partial charge < -0.3 is 5.32 Å². The van der Waals surface area contributed by atoms with Gasteiger partial charge >= 0.3 is 0 Å². The van der Waals surface area contributed by atoms with Gasteiger partial charge in [0.15, 0.2) is 5.16 Å². The first-order chi connectivity index (χ1) is 17.0. The number of rotatable bonds is 5. The lowest BCUT2D eigenvalue weighted by Gasteiger charge is -2.14. The summed E-state index contributed by atoms with van der Waals surface area (Å²) < 4.78 is 3.38. The van der Waals surface area contributed by atoms with E-state index in [1.807, 2.05) is 50.2 Å². The number of hydrogen-bond donors (Lipinski definition) is 1. The first kappa shape index (κ1) is 22.4. The molecule has 35 heavy (non-hydrogen) atoms. The number of para-hydroxylation sites is 2. The highest BCUT2D eigenvalue weighted by atomic mass is 32.2. The van der Waals surface area contributed by atoms with E-state index in [2.05, 4.69) is 21.6 Å². The number of fused-ring (bicyclic) bond motifs is 3. The molecule has 9 heteroatoms. The van der Waals surface area contributed by atoms with Gasteiger partial charge in [0.25, 0.3) is 5.56 Å². The van der Waals surface area contributed by atoms with E-state index in [4.69, 9.17) is 0 Å². The Morgan fingerprint density at radius 1 is 1.06 bits per heavy atom. The van der Waals surface area contributed by atoms with Crippen LogP contribution >= 0.6 is 11.8 Å². The van der Waals surface area contributed by atoms with Gasteiger partial charge in [0.05, 0.1) is 33.6 Å². The fourth-order valence-electron chi connectivity index (χ4n) is 3.96. The molecule has 5 aromatic rings. The summed E-state index contributed by atoms with van der Waals surface area (Å²) in [7, 11) is 0. The first-order valence-electron chi connectivity index (χ1n) is 10.9. The molecule has 0 saturated carbocycles. The second-order valence-electron chi connectivity index (χ2n) is 8.06. The molecule has 0 bridgehead atoms. The van der Waals surface area contributed by atoms with Gasteiger partial charge in [0, 0.05) is 0 Å². The standard InChI is InChI=1S/C26H20N6O2S/c1-16-11-12-17(2)22(13-16)31-24(34)19-8-4-6-10-21(19)32-25(31)29-30-26(32)35-15-23(33)28-20-9-5-3-7-18(20)14-27/h3-13H,15H2,1-2H3,(H,28,33). The van der Waals surface area contributed by atoms with Crippen LogP contribution in [0, 0.1) is 25.2 Å². The number of carbonyl (C=O) groups excluding carboxylic acids is 1. The van der Waals surface area contributed by atoms with Gasteiger partial charge in [-0.3, -0.25) is 14.0 Å². The Kier molecular flexibility index (Phi) is 5.81. The van der Waals surface area contributed by atoms with E-state index in [1.54, 1.807) is 39.3 Å². The van der Waals surface area contributed by atoms with Crippen molar-refractivity contribution in [1.29, 1.82) is 5.26 Å². The predicted octanol–water partition coefficient (Wildman–Crippen LogP) is 4.25. The average molecular weight is 481 g/mol. The summed E-state index contributed by atoms with van der Waals surface area (Å²) in [4.78, 5) is 26.2. The summed E-state index contributed by atoms with van der Waals surface area (Å²) in [6, 6.07) is 22.1. The second-order valence-corrected chi connectivity index (χ2v) is 9.00. The van der Waals surface area contributed by atoms with Crippen molar-refractivity contribution in [3.8, 4) is 11.8 Å². The van der Waals surface area contributed by atoms with Gasteiger partial charge in [-0.25, -0.2) is 4.57 Å². The normalized spacial score (nSPS) is 11.0. The molecule has 0 saturated heterocycles. The minimum Gasteiger partial charge on any atom is -0.324 e. The smallest absolute Gasteiger partial charge is 0.267 e. The Balaban J connectivity index is 1.58. The van der Waals surface area contributed by atoms with Crippen LogP contribution in [-0.4, -0.2) is 30.8 Å². The molecule has 2 aromatic heterocycles. The molecular weight excluding hydrogens is 460 g/mol. The molecule has 2 heterocycles. The minimum atomic E-state index is -0.276. The molecule has 0 fully saturated rings. The Hall–Kier alpha value is -4.42. The predicted molar refractivity (Wildman–Crippen MR) is 136 cm³/mol. The van der Waals surface area contributed by atoms with Crippen molar-refractivity contribution in [3.05, 3.63) is 93.8 Å². The summed E-state index contributed by atoms with van der Waals surface area (Å²) in [5.41, 5.74) is 4.02. The van der Waals surface area contributed by atoms with Crippen LogP contribution in [0.4, 0.5) is 5.69 Å². The Labute approximate surface area is 204 Å². The molecule has 0 aliphatic heterocycles. The van der Waals surface area contributed by atoms with Crippen molar-refractivity contribution in [2.75, 3.05) is 11.1 Å². The van der Waals surface area contributed by atoms with Gasteiger partial charge in [-0.1, -0.05) is 48.2 Å². The average Bonchev–Trinajstić information content (AvgIpc) is 3.29. The van der Waals surface area contributed by atoms with Crippen molar-refractivity contribution in [2.45, 2.75) is 19.0 Å². The number of nitriles is 1. The lowest BCUT2D eigenvalue weighted by molar-refractivity contribution is -0.113. The van der Waals surface area contributed by atoms with Crippen LogP contribution in [0.1, 0.15) is 16.7 Å². The minimum absolute atomic E-state index is 0.0531. The van der Waals surface area contributed by atoms with Crippen molar-refractivity contribution in [3.63, 3.8) is 0 Å². The second kappa shape index (κ2) is 9.08. The van der Waals surface area contributed by atoms with Crippen LogP contribution in [-0.2, 0) is 4.79 Å². The Bertz CT molecular complexity index is 1710. The summed E-state index contributed by atoms with van der Waals surface area (Å²) in [6.07, 6.45) is 0. The van der Waals surface area contributed by atoms with E-state index in [9.17, 15) is 14.9 Å². The van der Waals surface area contributed by atoms with Crippen LogP contribution in [0.5, 0.6) is 0 Å². The fourth-order valence-corrected chi connectivity index (χ4v) is 4.70. The summed E-state index contributed by atoms with van der Waals surface area (Å²) >= 11 is 1.21. The number of nitrogens with one attached hydrogen (secondary N) is 1. The SMILES string of the molecule is Cc1ccc(C)c(-n2c(=O)c3ccccc3n3c(SCC(=O)Nc4ccccc4C#N)nnc23)c1. The maximum atomic E-state index is 13.5. The molecule has 3 aromatic carbocycles. The summed E-state index contributed by atoms with van der Waals surface area (Å²) in [5.74, 6) is 0.152. The van der Waals surface area contributed by atoms with E-state index < -0.39 is 0 Å². The zero-order valence-electron chi connectivity index (χ0n) is 19.0. The van der Waals surface area contributed by atoms with E-state index >= 15 is 0 Å². The van der Waals surface area contributed by atoms with Crippen molar-refractivity contribution < 1.29 is 4.79 Å². The maximum absolute atomic E-state index is 13.5. The third-order valence-corrected chi connectivity index (χ3v) is 6.58. The molecular formula is C26H20N6O2S. The molecule has 172 valence electrons. The van der Waals surface area contributed by atoms with Gasteiger partial charge in [0.2, 0.25) is 11.7 Å². The molecule has 0 spiro atoms. The zero-order chi connectivity index (χ0) is 24.5. The molecule has 1 N–H and O–H groups in total. The Morgan fingerprint density at radius 2 is 1.83 bits per heavy atom. The largest absolute Gasteiger partial charge is 0.324 e. The third-order valence-electron chi connectivity index (χ3n) is 5.65. The molecule has 1 amide bonds. The highest BCUT2D eigenvalue weighted by molar-refractivity contribution is 7.99. The van der Waals surface area contributed by atoms with Gasteiger partial charge in [-0.15, -0.1) is 10.2 Å². The summed E-state index contributed by atoms with van der Waals surface area (Å²) in [6.45, 7) is 3.92. The third kappa shape index (κ3) is 4.05. The van der Waals surface area contributed by atoms with E-state index in [1.165, 1.54) is 11.8 Å². The number of amides is 1. The van der Waals surface area contributed by atoms with Crippen molar-refractivity contribution >= 4 is 40.0 Å². The van der Waals surface area contributed by atoms with Crippen LogP contribution < -0.4 is 10.9 Å². The molecule has 0 aliphatic carbocycles. The quantitative estimate of drug-likeness (QED) is 0.377. The lowest BCUT2D eigenvalue weighted by Crippen LogP contribution is -2.22. The number of hydrogen-bond acceptors (Lipinski definition) is 6. The van der Waals surface area contributed by atoms with Crippen LogP contribution in [0.2, 0.25) is 0 Å². The van der Waals surface area contributed by atoms with Gasteiger partial charge in [0.1, 0.15) is 6.07 Å². The highest BCUT2D eigenvalue weighted by Gasteiger charge is 2.19. The number of aromatic nitrogens is 4. The van der Waals surface area contributed by atoms with E-state index in [-0.39, 0.29) is 17.2 Å². The summed E-state index contributed by atoms with van der Waals surface area (Å²) in [5, 5.41) is 21.7. The Morgan fingerprint density at radius 3 is 2.66 bits per heavy atom. The van der Waals surface area contributed by atoms with Crippen molar-refractivity contribution in [1.82, 2.24) is 19.2 Å². The van der Waals surface area contributed by atoms with Gasteiger partial charge in [-0.05, 0) is 55.3 Å². The molecule has 0 radical (unpaired) electrons. The number of nitrogens with zero attached hydrogens (tertiary/aromatic N) is 5. The monoisotopic (exact) mass is 480 g/mol. The van der Waals surface area contributed by atoms with E-state index in [0.29, 0.717) is 33.1 Å². The van der Waals surface area contributed by atoms with Crippen molar-refractivity contribution in [2.24, 2.45) is 0 Å².